The molecule has 1 aromatic carbocycles. The van der Waals surface area contributed by atoms with E-state index in [1.54, 1.807) is 12.1 Å². The van der Waals surface area contributed by atoms with Gasteiger partial charge in [0, 0.05) is 11.9 Å². The summed E-state index contributed by atoms with van der Waals surface area (Å²) >= 11 is 0.801. The van der Waals surface area contributed by atoms with Crippen LogP contribution in [0.3, 0.4) is 0 Å². The topological polar surface area (TPSA) is 70.4 Å². The van der Waals surface area contributed by atoms with Gasteiger partial charge in [-0.1, -0.05) is 23.9 Å². The van der Waals surface area contributed by atoms with Crippen molar-refractivity contribution >= 4 is 23.7 Å². The third-order valence-corrected chi connectivity index (χ3v) is 4.48. The summed E-state index contributed by atoms with van der Waals surface area (Å²) in [6.07, 6.45) is -4.83. The Morgan fingerprint density at radius 3 is 2.46 bits per heavy atom. The first-order valence-electron chi connectivity index (χ1n) is 7.37. The van der Waals surface area contributed by atoms with E-state index >= 15 is 0 Å². The second-order valence-corrected chi connectivity index (χ2v) is 5.99. The lowest BCUT2D eigenvalue weighted by Crippen LogP contribution is -2.14. The molecule has 1 aromatic heterocycles. The van der Waals surface area contributed by atoms with Crippen LogP contribution in [0.1, 0.15) is 33.3 Å². The van der Waals surface area contributed by atoms with Gasteiger partial charge < -0.3 is 9.47 Å². The Morgan fingerprint density at radius 2 is 1.88 bits per heavy atom. The van der Waals surface area contributed by atoms with E-state index in [2.05, 4.69) is 9.84 Å². The molecule has 0 saturated carbocycles. The van der Waals surface area contributed by atoms with Crippen LogP contribution in [0, 0.1) is 0 Å². The molecule has 0 radical (unpaired) electrons. The molecular weight excluding hydrogens is 373 g/mol. The van der Waals surface area contributed by atoms with Gasteiger partial charge in [-0.2, -0.15) is 18.3 Å². The molecule has 140 valence electrons. The van der Waals surface area contributed by atoms with Crippen molar-refractivity contribution in [3.63, 3.8) is 0 Å². The predicted octanol–water partition coefficient (Wildman–Crippen LogP) is 3.55. The summed E-state index contributed by atoms with van der Waals surface area (Å²) in [5, 5.41) is 3.34. The SMILES string of the molecule is CCOC(=O)c1c(C(F)(F)F)nn(C)c1Sc1ccccc1C(=O)OC. The van der Waals surface area contributed by atoms with Crippen molar-refractivity contribution in [2.75, 3.05) is 13.7 Å². The largest absolute Gasteiger partial charge is 0.465 e. The molecule has 1 heterocycles. The molecule has 26 heavy (non-hydrogen) atoms. The summed E-state index contributed by atoms with van der Waals surface area (Å²) < 4.78 is 50.2. The van der Waals surface area contributed by atoms with Crippen molar-refractivity contribution in [3.05, 3.63) is 41.1 Å². The van der Waals surface area contributed by atoms with Crippen molar-refractivity contribution in [2.24, 2.45) is 7.05 Å². The van der Waals surface area contributed by atoms with Crippen LogP contribution in [0.5, 0.6) is 0 Å². The lowest BCUT2D eigenvalue weighted by molar-refractivity contribution is -0.142. The zero-order valence-corrected chi connectivity index (χ0v) is 14.9. The maximum atomic E-state index is 13.3. The van der Waals surface area contributed by atoms with Gasteiger partial charge in [-0.25, -0.2) is 9.59 Å². The molecule has 0 bridgehead atoms. The molecule has 0 N–H and O–H groups in total. The molecule has 6 nitrogen and oxygen atoms in total. The molecule has 2 rings (SSSR count). The standard InChI is InChI=1S/C16H15F3N2O4S/c1-4-25-15(23)11-12(16(17,18)19)20-21(2)13(11)26-10-8-6-5-7-9(10)14(22)24-3/h5-8H,4H2,1-3H3. The highest BCUT2D eigenvalue weighted by atomic mass is 32.2. The van der Waals surface area contributed by atoms with Crippen LogP contribution in [-0.4, -0.2) is 35.4 Å². The Bertz CT molecular complexity index is 833. The Balaban J connectivity index is 2.59. The van der Waals surface area contributed by atoms with Gasteiger partial charge in [0.2, 0.25) is 0 Å². The first-order valence-corrected chi connectivity index (χ1v) is 8.18. The number of carbonyl (C=O) groups is 2. The van der Waals surface area contributed by atoms with E-state index in [0.717, 1.165) is 16.4 Å². The highest BCUT2D eigenvalue weighted by Gasteiger charge is 2.42. The number of esters is 2. The summed E-state index contributed by atoms with van der Waals surface area (Å²) in [5.41, 5.74) is -1.87. The minimum Gasteiger partial charge on any atom is -0.465 e. The van der Waals surface area contributed by atoms with E-state index in [4.69, 9.17) is 4.74 Å². The molecule has 10 heteroatoms. The minimum atomic E-state index is -4.83. The van der Waals surface area contributed by atoms with Gasteiger partial charge >= 0.3 is 18.1 Å². The molecule has 0 aliphatic heterocycles. The van der Waals surface area contributed by atoms with Crippen molar-refractivity contribution in [1.29, 1.82) is 0 Å². The normalized spacial score (nSPS) is 11.3. The second kappa shape index (κ2) is 7.81. The maximum Gasteiger partial charge on any atom is 0.436 e. The number of hydrogen-bond acceptors (Lipinski definition) is 6. The number of rotatable bonds is 5. The number of nitrogens with zero attached hydrogens (tertiary/aromatic N) is 2. The summed E-state index contributed by atoms with van der Waals surface area (Å²) in [6, 6.07) is 6.21. The third-order valence-electron chi connectivity index (χ3n) is 3.24. The smallest absolute Gasteiger partial charge is 0.436 e. The average molecular weight is 388 g/mol. The molecule has 0 aliphatic carbocycles. The third kappa shape index (κ3) is 4.01. The van der Waals surface area contributed by atoms with E-state index in [0.29, 0.717) is 4.90 Å². The Kier molecular flexibility index (Phi) is 5.96. The van der Waals surface area contributed by atoms with E-state index in [1.165, 1.54) is 33.2 Å². The highest BCUT2D eigenvalue weighted by Crippen LogP contribution is 2.39. The molecular formula is C16H15F3N2O4S. The van der Waals surface area contributed by atoms with E-state index in [9.17, 15) is 22.8 Å². The number of methoxy groups -OCH3 is 1. The van der Waals surface area contributed by atoms with E-state index in [-0.39, 0.29) is 17.2 Å². The molecule has 0 spiro atoms. The molecule has 0 saturated heterocycles. The monoisotopic (exact) mass is 388 g/mol. The van der Waals surface area contributed by atoms with Crippen LogP contribution in [0.25, 0.3) is 0 Å². The summed E-state index contributed by atoms with van der Waals surface area (Å²) in [4.78, 5) is 24.3. The maximum absolute atomic E-state index is 13.3. The molecule has 0 atom stereocenters. The summed E-state index contributed by atoms with van der Waals surface area (Å²) in [7, 11) is 2.47. The molecule has 2 aromatic rings. The van der Waals surface area contributed by atoms with Gasteiger partial charge in [0.05, 0.1) is 19.3 Å². The Morgan fingerprint density at radius 1 is 1.23 bits per heavy atom. The fourth-order valence-corrected chi connectivity index (χ4v) is 3.22. The Hall–Kier alpha value is -2.49. The number of halogens is 3. The lowest BCUT2D eigenvalue weighted by atomic mass is 10.2. The van der Waals surface area contributed by atoms with Crippen LogP contribution in [0.4, 0.5) is 13.2 Å². The van der Waals surface area contributed by atoms with Crippen LogP contribution >= 0.6 is 11.8 Å². The number of benzene rings is 1. The molecule has 0 fully saturated rings. The van der Waals surface area contributed by atoms with Crippen molar-refractivity contribution in [2.45, 2.75) is 23.0 Å². The number of aromatic nitrogens is 2. The van der Waals surface area contributed by atoms with Gasteiger partial charge in [-0.15, -0.1) is 0 Å². The van der Waals surface area contributed by atoms with Gasteiger partial charge in [0.25, 0.3) is 0 Å². The fourth-order valence-electron chi connectivity index (χ4n) is 2.15. The van der Waals surface area contributed by atoms with E-state index < -0.39 is 29.4 Å². The van der Waals surface area contributed by atoms with Crippen molar-refractivity contribution in [1.82, 2.24) is 9.78 Å². The zero-order valence-electron chi connectivity index (χ0n) is 14.1. The zero-order chi connectivity index (χ0) is 19.5. The number of aryl methyl sites for hydroxylation is 1. The summed E-state index contributed by atoms with van der Waals surface area (Å²) in [6.45, 7) is 1.40. The number of alkyl halides is 3. The lowest BCUT2D eigenvalue weighted by Gasteiger charge is -2.10. The fraction of sp³-hybridized carbons (Fsp3) is 0.312. The molecule has 0 unspecified atom stereocenters. The molecule has 0 aliphatic rings. The van der Waals surface area contributed by atoms with Gasteiger partial charge in [-0.05, 0) is 19.1 Å². The Labute approximate surface area is 151 Å². The number of ether oxygens (including phenoxy) is 2. The number of carbonyl (C=O) groups excluding carboxylic acids is 2. The van der Waals surface area contributed by atoms with Crippen LogP contribution in [-0.2, 0) is 22.7 Å². The van der Waals surface area contributed by atoms with Gasteiger partial charge in [0.1, 0.15) is 10.6 Å². The van der Waals surface area contributed by atoms with E-state index in [1.807, 2.05) is 0 Å². The predicted molar refractivity (Wildman–Crippen MR) is 86.1 cm³/mol. The quantitative estimate of drug-likeness (QED) is 0.730. The number of hydrogen-bond donors (Lipinski definition) is 0. The van der Waals surface area contributed by atoms with Crippen LogP contribution in [0.2, 0.25) is 0 Å². The minimum absolute atomic E-state index is 0.0894. The van der Waals surface area contributed by atoms with Crippen LogP contribution in [0.15, 0.2) is 34.2 Å². The first-order chi connectivity index (χ1) is 12.2. The van der Waals surface area contributed by atoms with Gasteiger partial charge in [0.15, 0.2) is 5.69 Å². The van der Waals surface area contributed by atoms with Crippen LogP contribution < -0.4 is 0 Å². The average Bonchev–Trinajstić information content (AvgIpc) is 2.92. The van der Waals surface area contributed by atoms with Crippen molar-refractivity contribution < 1.29 is 32.2 Å². The first kappa shape index (κ1) is 19.8. The molecule has 0 amide bonds. The van der Waals surface area contributed by atoms with Crippen molar-refractivity contribution in [3.8, 4) is 0 Å². The second-order valence-electron chi connectivity index (χ2n) is 4.96. The highest BCUT2D eigenvalue weighted by molar-refractivity contribution is 7.99. The van der Waals surface area contributed by atoms with Gasteiger partial charge in [-0.3, -0.25) is 4.68 Å². The summed E-state index contributed by atoms with van der Waals surface area (Å²) in [5.74, 6) is -1.78.